The van der Waals surface area contributed by atoms with Crippen LogP contribution in [-0.2, 0) is 9.53 Å². The minimum atomic E-state index is -0.558. The number of rotatable bonds is 5. The van der Waals surface area contributed by atoms with Gasteiger partial charge in [-0.1, -0.05) is 24.3 Å². The van der Waals surface area contributed by atoms with Crippen LogP contribution in [0.5, 0.6) is 0 Å². The molecule has 0 spiro atoms. The van der Waals surface area contributed by atoms with Crippen molar-refractivity contribution < 1.29 is 18.3 Å². The quantitative estimate of drug-likeness (QED) is 0.875. The molecule has 0 saturated carbocycles. The van der Waals surface area contributed by atoms with E-state index in [2.05, 4.69) is 5.32 Å². The Bertz CT molecular complexity index is 674. The second-order valence-corrected chi connectivity index (χ2v) is 6.10. The summed E-state index contributed by atoms with van der Waals surface area (Å²) in [6, 6.07) is 11.2. The number of nitrogens with one attached hydrogen (secondary N) is 1. The molecule has 0 aromatic heterocycles. The Balaban J connectivity index is 1.82. The summed E-state index contributed by atoms with van der Waals surface area (Å²) in [6.07, 6.45) is 0.683. The first kappa shape index (κ1) is 17.5. The van der Waals surface area contributed by atoms with Gasteiger partial charge in [0.25, 0.3) is 0 Å². The third-order valence-corrected chi connectivity index (χ3v) is 4.36. The number of benzene rings is 2. The van der Waals surface area contributed by atoms with Crippen molar-refractivity contribution in [3.8, 4) is 0 Å². The molecule has 6 heteroatoms. The fourth-order valence-electron chi connectivity index (χ4n) is 2.98. The maximum atomic E-state index is 13.2. The Morgan fingerprint density at radius 1 is 1.04 bits per heavy atom. The zero-order valence-corrected chi connectivity index (χ0v) is 13.6. The Morgan fingerprint density at radius 2 is 1.56 bits per heavy atom. The van der Waals surface area contributed by atoms with Gasteiger partial charge in [0.15, 0.2) is 0 Å². The van der Waals surface area contributed by atoms with E-state index in [9.17, 15) is 13.6 Å². The summed E-state index contributed by atoms with van der Waals surface area (Å²) in [5.74, 6) is -0.981. The van der Waals surface area contributed by atoms with E-state index in [0.717, 1.165) is 6.42 Å². The number of carbonyl (C=O) groups excluding carboxylic acids is 1. The molecular weight excluding hydrogens is 326 g/mol. The van der Waals surface area contributed by atoms with Crippen LogP contribution in [0, 0.1) is 11.6 Å². The van der Waals surface area contributed by atoms with Crippen molar-refractivity contribution in [2.45, 2.75) is 31.1 Å². The minimum absolute atomic E-state index is 0.106. The maximum absolute atomic E-state index is 13.2. The van der Waals surface area contributed by atoms with Gasteiger partial charge in [-0.25, -0.2) is 8.78 Å². The summed E-state index contributed by atoms with van der Waals surface area (Å²) in [4.78, 5) is 12.6. The van der Waals surface area contributed by atoms with Crippen molar-refractivity contribution in [3.05, 3.63) is 71.3 Å². The number of halogens is 2. The van der Waals surface area contributed by atoms with Crippen LogP contribution in [0.4, 0.5) is 8.78 Å². The van der Waals surface area contributed by atoms with Gasteiger partial charge >= 0.3 is 0 Å². The second-order valence-electron chi connectivity index (χ2n) is 6.10. The number of nitrogens with two attached hydrogens (primary N) is 1. The second kappa shape index (κ2) is 7.72. The molecule has 1 saturated heterocycles. The fraction of sp³-hybridized carbons (Fsp3) is 0.316. The van der Waals surface area contributed by atoms with Crippen molar-refractivity contribution in [3.63, 3.8) is 0 Å². The van der Waals surface area contributed by atoms with E-state index in [1.165, 1.54) is 24.3 Å². The smallest absolute Gasteiger partial charge is 0.249 e. The first-order chi connectivity index (χ1) is 12.1. The van der Waals surface area contributed by atoms with E-state index >= 15 is 0 Å². The van der Waals surface area contributed by atoms with Gasteiger partial charge in [0.05, 0.1) is 12.1 Å². The van der Waals surface area contributed by atoms with Gasteiger partial charge in [0, 0.05) is 6.54 Å². The van der Waals surface area contributed by atoms with Crippen LogP contribution in [0.3, 0.4) is 0 Å². The van der Waals surface area contributed by atoms with Crippen LogP contribution in [0.15, 0.2) is 48.5 Å². The van der Waals surface area contributed by atoms with Crippen molar-refractivity contribution >= 4 is 5.91 Å². The molecule has 3 N–H and O–H groups in total. The van der Waals surface area contributed by atoms with E-state index in [1.807, 2.05) is 0 Å². The molecule has 4 nitrogen and oxygen atoms in total. The maximum Gasteiger partial charge on any atom is 0.249 e. The van der Waals surface area contributed by atoms with Gasteiger partial charge in [-0.3, -0.25) is 4.79 Å². The van der Waals surface area contributed by atoms with Crippen molar-refractivity contribution in [1.29, 1.82) is 0 Å². The van der Waals surface area contributed by atoms with E-state index in [-0.39, 0.29) is 23.6 Å². The van der Waals surface area contributed by atoms with Crippen LogP contribution in [0.1, 0.15) is 30.0 Å². The number of amides is 1. The summed E-state index contributed by atoms with van der Waals surface area (Å²) >= 11 is 0. The predicted molar refractivity (Wildman–Crippen MR) is 89.7 cm³/mol. The monoisotopic (exact) mass is 346 g/mol. The average Bonchev–Trinajstić information content (AvgIpc) is 3.11. The van der Waals surface area contributed by atoms with Gasteiger partial charge in [-0.05, 0) is 48.2 Å². The zero-order chi connectivity index (χ0) is 17.8. The Hall–Kier alpha value is -2.31. The standard InChI is InChI=1S/C19H20F2N2O2/c20-14-5-1-12(2-6-14)18(13-3-7-15(21)8-4-13)23-19(24)17-10-9-16(11-22)25-17/h1-8,16-18H,9-11,22H2,(H,23,24)/t16-,17+/m1/s1. The van der Waals surface area contributed by atoms with Crippen molar-refractivity contribution in [1.82, 2.24) is 5.32 Å². The third-order valence-electron chi connectivity index (χ3n) is 4.36. The van der Waals surface area contributed by atoms with E-state index in [4.69, 9.17) is 10.5 Å². The highest BCUT2D eigenvalue weighted by atomic mass is 19.1. The normalized spacial score (nSPS) is 20.0. The Morgan fingerprint density at radius 3 is 2.00 bits per heavy atom. The molecule has 3 rings (SSSR count). The fourth-order valence-corrected chi connectivity index (χ4v) is 2.98. The summed E-state index contributed by atoms with van der Waals surface area (Å²) in [5, 5.41) is 2.93. The number of hydrogen-bond donors (Lipinski definition) is 2. The molecule has 0 radical (unpaired) electrons. The Labute approximate surface area is 145 Å². The lowest BCUT2D eigenvalue weighted by molar-refractivity contribution is -0.132. The van der Waals surface area contributed by atoms with Crippen molar-refractivity contribution in [2.75, 3.05) is 6.54 Å². The molecule has 2 aromatic rings. The van der Waals surface area contributed by atoms with Crippen LogP contribution >= 0.6 is 0 Å². The summed E-state index contributed by atoms with van der Waals surface area (Å²) in [6.45, 7) is 0.378. The van der Waals surface area contributed by atoms with Gasteiger partial charge in [-0.15, -0.1) is 0 Å². The lowest BCUT2D eigenvalue weighted by Gasteiger charge is -2.22. The molecule has 1 amide bonds. The first-order valence-electron chi connectivity index (χ1n) is 8.23. The highest BCUT2D eigenvalue weighted by Crippen LogP contribution is 2.25. The molecule has 1 aliphatic rings. The lowest BCUT2D eigenvalue weighted by atomic mass is 9.98. The first-order valence-corrected chi connectivity index (χ1v) is 8.23. The molecule has 25 heavy (non-hydrogen) atoms. The van der Waals surface area contributed by atoms with Crippen LogP contribution in [0.25, 0.3) is 0 Å². The van der Waals surface area contributed by atoms with Gasteiger partial charge in [0.1, 0.15) is 17.7 Å². The molecule has 0 bridgehead atoms. The Kier molecular flexibility index (Phi) is 5.40. The molecule has 2 aromatic carbocycles. The van der Waals surface area contributed by atoms with E-state index in [1.54, 1.807) is 24.3 Å². The minimum Gasteiger partial charge on any atom is -0.364 e. The zero-order valence-electron chi connectivity index (χ0n) is 13.6. The number of hydrogen-bond acceptors (Lipinski definition) is 3. The van der Waals surface area contributed by atoms with Crippen LogP contribution in [0.2, 0.25) is 0 Å². The van der Waals surface area contributed by atoms with Gasteiger partial charge in [0.2, 0.25) is 5.91 Å². The lowest BCUT2D eigenvalue weighted by Crippen LogP contribution is -2.38. The van der Waals surface area contributed by atoms with Crippen molar-refractivity contribution in [2.24, 2.45) is 5.73 Å². The summed E-state index contributed by atoms with van der Waals surface area (Å²) in [5.41, 5.74) is 6.99. The van der Waals surface area contributed by atoms with E-state index in [0.29, 0.717) is 24.1 Å². The highest BCUT2D eigenvalue weighted by Gasteiger charge is 2.31. The molecule has 1 aliphatic heterocycles. The molecule has 132 valence electrons. The average molecular weight is 346 g/mol. The summed E-state index contributed by atoms with van der Waals surface area (Å²) in [7, 11) is 0. The number of carbonyl (C=O) groups is 1. The van der Waals surface area contributed by atoms with Gasteiger partial charge < -0.3 is 15.8 Å². The van der Waals surface area contributed by atoms with Gasteiger partial charge in [-0.2, -0.15) is 0 Å². The van der Waals surface area contributed by atoms with Crippen LogP contribution in [-0.4, -0.2) is 24.7 Å². The topological polar surface area (TPSA) is 64.4 Å². The molecule has 0 aliphatic carbocycles. The van der Waals surface area contributed by atoms with E-state index < -0.39 is 12.1 Å². The molecule has 1 fully saturated rings. The SMILES string of the molecule is NC[C@H]1CC[C@@H](C(=O)NC(c2ccc(F)cc2)c2ccc(F)cc2)O1. The number of ether oxygens (including phenoxy) is 1. The van der Waals surface area contributed by atoms with Crippen LogP contribution < -0.4 is 11.1 Å². The highest BCUT2D eigenvalue weighted by molar-refractivity contribution is 5.82. The summed E-state index contributed by atoms with van der Waals surface area (Å²) < 4.78 is 32.1. The molecule has 0 unspecified atom stereocenters. The third kappa shape index (κ3) is 4.21. The largest absolute Gasteiger partial charge is 0.364 e. The molecular formula is C19H20F2N2O2. The molecule has 2 atom stereocenters. The molecule has 1 heterocycles. The predicted octanol–water partition coefficient (Wildman–Crippen LogP) is 2.68.